The number of nitro groups is 1. The number of benzene rings is 5. The highest BCUT2D eigenvalue weighted by atomic mass is 16.6. The zero-order valence-electron chi connectivity index (χ0n) is 24.9. The van der Waals surface area contributed by atoms with E-state index in [2.05, 4.69) is 4.90 Å². The van der Waals surface area contributed by atoms with Gasteiger partial charge in [-0.1, -0.05) is 97.1 Å². The number of rotatable bonds is 11. The first-order valence-electron chi connectivity index (χ1n) is 14.9. The molecule has 0 unspecified atom stereocenters. The van der Waals surface area contributed by atoms with Gasteiger partial charge in [0.1, 0.15) is 12.8 Å². The lowest BCUT2D eigenvalue weighted by molar-refractivity contribution is -0.384. The van der Waals surface area contributed by atoms with Crippen LogP contribution in [0.15, 0.2) is 127 Å². The van der Waals surface area contributed by atoms with Crippen molar-refractivity contribution in [3.05, 3.63) is 165 Å². The number of nitrogens with zero attached hydrogens (tertiary/aromatic N) is 3. The van der Waals surface area contributed by atoms with E-state index in [-0.39, 0.29) is 11.6 Å². The molecule has 1 atom stereocenters. The van der Waals surface area contributed by atoms with E-state index in [1.165, 1.54) is 12.1 Å². The maximum absolute atomic E-state index is 14.3. The van der Waals surface area contributed by atoms with Crippen LogP contribution in [0.4, 0.5) is 11.4 Å². The molecule has 45 heavy (non-hydrogen) atoms. The molecular weight excluding hydrogens is 566 g/mol. The van der Waals surface area contributed by atoms with Gasteiger partial charge in [-0.25, -0.2) is 0 Å². The van der Waals surface area contributed by atoms with Crippen molar-refractivity contribution in [3.8, 4) is 11.5 Å². The van der Waals surface area contributed by atoms with Gasteiger partial charge in [0.15, 0.2) is 11.5 Å². The molecule has 226 valence electrons. The number of carbonyl (C=O) groups excluding carboxylic acids is 1. The molecule has 0 radical (unpaired) electrons. The number of hydrogen-bond donors (Lipinski definition) is 0. The topological polar surface area (TPSA) is 85.1 Å². The SMILES string of the molecule is CCOc1cc([C@@H]2N(Cc3ccccc3)C(=O)c3cc([N+](=O)[O-])ccc3N2Cc2ccccc2)ccc1OCc1ccccc1. The highest BCUT2D eigenvalue weighted by Crippen LogP contribution is 2.44. The Balaban J connectivity index is 1.47. The Labute approximate surface area is 262 Å². The van der Waals surface area contributed by atoms with Crippen LogP contribution in [0.25, 0.3) is 0 Å². The van der Waals surface area contributed by atoms with Crippen LogP contribution >= 0.6 is 0 Å². The van der Waals surface area contributed by atoms with Gasteiger partial charge in [-0.2, -0.15) is 0 Å². The van der Waals surface area contributed by atoms with Crippen LogP contribution in [0, 0.1) is 10.1 Å². The lowest BCUT2D eigenvalue weighted by atomic mass is 9.98. The van der Waals surface area contributed by atoms with E-state index in [9.17, 15) is 14.9 Å². The second kappa shape index (κ2) is 13.3. The first-order chi connectivity index (χ1) is 22.0. The van der Waals surface area contributed by atoms with Crippen LogP contribution in [-0.2, 0) is 19.7 Å². The van der Waals surface area contributed by atoms with Gasteiger partial charge in [-0.3, -0.25) is 14.9 Å². The maximum atomic E-state index is 14.3. The molecule has 6 rings (SSSR count). The minimum absolute atomic E-state index is 0.126. The van der Waals surface area contributed by atoms with Gasteiger partial charge in [-0.15, -0.1) is 0 Å². The molecule has 5 aromatic rings. The number of anilines is 1. The van der Waals surface area contributed by atoms with E-state index < -0.39 is 11.1 Å². The number of nitro benzene ring substituents is 1. The maximum Gasteiger partial charge on any atom is 0.270 e. The monoisotopic (exact) mass is 599 g/mol. The predicted octanol–water partition coefficient (Wildman–Crippen LogP) is 7.93. The second-order valence-corrected chi connectivity index (χ2v) is 10.8. The summed E-state index contributed by atoms with van der Waals surface area (Å²) < 4.78 is 12.3. The number of hydrogen-bond acceptors (Lipinski definition) is 6. The summed E-state index contributed by atoms with van der Waals surface area (Å²) in [7, 11) is 0. The quantitative estimate of drug-likeness (QED) is 0.113. The Hall–Kier alpha value is -5.63. The summed E-state index contributed by atoms with van der Waals surface area (Å²) in [4.78, 5) is 29.5. The van der Waals surface area contributed by atoms with Crippen molar-refractivity contribution < 1.29 is 19.2 Å². The average molecular weight is 600 g/mol. The van der Waals surface area contributed by atoms with E-state index in [0.29, 0.717) is 49.1 Å². The molecule has 1 aliphatic rings. The normalized spacial score (nSPS) is 14.2. The second-order valence-electron chi connectivity index (χ2n) is 10.8. The molecule has 0 fully saturated rings. The van der Waals surface area contributed by atoms with Crippen molar-refractivity contribution >= 4 is 17.3 Å². The van der Waals surface area contributed by atoms with Gasteiger partial charge < -0.3 is 19.3 Å². The smallest absolute Gasteiger partial charge is 0.270 e. The Kier molecular flexibility index (Phi) is 8.73. The summed E-state index contributed by atoms with van der Waals surface area (Å²) in [5.41, 5.74) is 4.64. The van der Waals surface area contributed by atoms with Crippen molar-refractivity contribution in [2.45, 2.75) is 32.8 Å². The molecule has 0 spiro atoms. The largest absolute Gasteiger partial charge is 0.490 e. The molecule has 0 bridgehead atoms. The summed E-state index contributed by atoms with van der Waals surface area (Å²) >= 11 is 0. The van der Waals surface area contributed by atoms with Gasteiger partial charge >= 0.3 is 0 Å². The number of carbonyl (C=O) groups is 1. The van der Waals surface area contributed by atoms with Gasteiger partial charge in [0.05, 0.1) is 22.8 Å². The van der Waals surface area contributed by atoms with Crippen LogP contribution in [0.1, 0.15) is 45.7 Å². The molecule has 0 aliphatic carbocycles. The first-order valence-corrected chi connectivity index (χ1v) is 14.9. The fourth-order valence-electron chi connectivity index (χ4n) is 5.68. The van der Waals surface area contributed by atoms with Crippen LogP contribution in [0.5, 0.6) is 11.5 Å². The number of fused-ring (bicyclic) bond motifs is 1. The van der Waals surface area contributed by atoms with Gasteiger partial charge in [0.2, 0.25) is 0 Å². The van der Waals surface area contributed by atoms with E-state index in [0.717, 1.165) is 22.3 Å². The Bertz CT molecular complexity index is 1780. The van der Waals surface area contributed by atoms with Crippen LogP contribution in [0.3, 0.4) is 0 Å². The standard InChI is InChI=1S/C37H33N3O5/c1-2-44-35-22-30(18-21-34(35)45-26-29-16-10-5-11-17-29)36-38(24-27-12-6-3-7-13-27)33-20-19-31(40(42)43)23-32(33)37(41)39(36)25-28-14-8-4-9-15-28/h3-23,36H,2,24-26H2,1H3/t36-/m0/s1. The molecule has 0 aromatic heterocycles. The summed E-state index contributed by atoms with van der Waals surface area (Å²) in [6.07, 6.45) is -0.547. The van der Waals surface area contributed by atoms with E-state index in [1.54, 1.807) is 11.0 Å². The molecule has 0 saturated carbocycles. The highest BCUT2D eigenvalue weighted by Gasteiger charge is 2.40. The lowest BCUT2D eigenvalue weighted by Crippen LogP contribution is -2.48. The Morgan fingerprint density at radius 3 is 1.89 bits per heavy atom. The van der Waals surface area contributed by atoms with Crippen molar-refractivity contribution in [2.24, 2.45) is 0 Å². The van der Waals surface area contributed by atoms with E-state index >= 15 is 0 Å². The number of amides is 1. The van der Waals surface area contributed by atoms with Crippen molar-refractivity contribution in [2.75, 3.05) is 11.5 Å². The Morgan fingerprint density at radius 1 is 0.689 bits per heavy atom. The van der Waals surface area contributed by atoms with Crippen LogP contribution in [-0.4, -0.2) is 22.3 Å². The molecule has 1 aliphatic heterocycles. The average Bonchev–Trinajstić information content (AvgIpc) is 3.07. The van der Waals surface area contributed by atoms with Crippen LogP contribution < -0.4 is 14.4 Å². The molecule has 5 aromatic carbocycles. The third-order valence-electron chi connectivity index (χ3n) is 7.78. The van der Waals surface area contributed by atoms with Gasteiger partial charge in [-0.05, 0) is 47.4 Å². The van der Waals surface area contributed by atoms with Gasteiger partial charge in [0, 0.05) is 25.2 Å². The van der Waals surface area contributed by atoms with E-state index in [4.69, 9.17) is 9.47 Å². The Morgan fingerprint density at radius 2 is 1.29 bits per heavy atom. The third-order valence-corrected chi connectivity index (χ3v) is 7.78. The number of non-ortho nitro benzene ring substituents is 1. The summed E-state index contributed by atoms with van der Waals surface area (Å²) in [5, 5.41) is 11.7. The highest BCUT2D eigenvalue weighted by molar-refractivity contribution is 6.02. The summed E-state index contributed by atoms with van der Waals surface area (Å²) in [6, 6.07) is 40.0. The molecule has 1 amide bonds. The first kappa shape index (κ1) is 29.4. The van der Waals surface area contributed by atoms with Crippen molar-refractivity contribution in [1.82, 2.24) is 4.90 Å². The molecular formula is C37H33N3O5. The van der Waals surface area contributed by atoms with Crippen LogP contribution in [0.2, 0.25) is 0 Å². The fourth-order valence-corrected chi connectivity index (χ4v) is 5.68. The zero-order valence-corrected chi connectivity index (χ0v) is 24.9. The predicted molar refractivity (Wildman–Crippen MR) is 173 cm³/mol. The third kappa shape index (κ3) is 6.50. The molecule has 8 nitrogen and oxygen atoms in total. The summed E-state index contributed by atoms with van der Waals surface area (Å²) in [5.74, 6) is 0.897. The molecule has 1 heterocycles. The number of ether oxygens (including phenoxy) is 2. The minimum atomic E-state index is -0.547. The van der Waals surface area contributed by atoms with Crippen molar-refractivity contribution in [1.29, 1.82) is 0 Å². The lowest BCUT2D eigenvalue weighted by Gasteiger charge is -2.46. The van der Waals surface area contributed by atoms with Gasteiger partial charge in [0.25, 0.3) is 11.6 Å². The fraction of sp³-hybridized carbons (Fsp3) is 0.162. The minimum Gasteiger partial charge on any atom is -0.490 e. The molecule has 0 saturated heterocycles. The zero-order chi connectivity index (χ0) is 31.2. The summed E-state index contributed by atoms with van der Waals surface area (Å²) in [6.45, 7) is 3.50. The van der Waals surface area contributed by atoms with Crippen molar-refractivity contribution in [3.63, 3.8) is 0 Å². The molecule has 0 N–H and O–H groups in total. The van der Waals surface area contributed by atoms with E-state index in [1.807, 2.05) is 116 Å². The molecule has 8 heteroatoms.